The molecule has 24 heavy (non-hydrogen) atoms. The molecule has 1 amide bonds. The highest BCUT2D eigenvalue weighted by molar-refractivity contribution is 5.94. The van der Waals surface area contributed by atoms with Crippen LogP contribution in [-0.2, 0) is 19.9 Å². The van der Waals surface area contributed by atoms with Gasteiger partial charge in [-0.3, -0.25) is 14.2 Å². The van der Waals surface area contributed by atoms with Gasteiger partial charge < -0.3 is 4.90 Å². The predicted octanol–water partition coefficient (Wildman–Crippen LogP) is 2.20. The van der Waals surface area contributed by atoms with Crippen LogP contribution in [0.4, 0.5) is 0 Å². The van der Waals surface area contributed by atoms with E-state index in [4.69, 9.17) is 0 Å². The summed E-state index contributed by atoms with van der Waals surface area (Å²) < 4.78 is 3.89. The molecule has 0 aromatic carbocycles. The third-order valence-corrected chi connectivity index (χ3v) is 5.36. The number of nitrogens with zero attached hydrogens (tertiary/aromatic N) is 5. The van der Waals surface area contributed by atoms with Crippen LogP contribution in [0.5, 0.6) is 0 Å². The Morgan fingerprint density at radius 3 is 2.75 bits per heavy atom. The molecule has 1 aliphatic heterocycles. The number of hydrogen-bond acceptors (Lipinski definition) is 3. The lowest BCUT2D eigenvalue weighted by Crippen LogP contribution is -2.31. The second kappa shape index (κ2) is 5.76. The Kier molecular flexibility index (Phi) is 3.70. The van der Waals surface area contributed by atoms with Crippen molar-refractivity contribution in [1.82, 2.24) is 24.5 Å². The van der Waals surface area contributed by atoms with E-state index in [0.717, 1.165) is 55.9 Å². The summed E-state index contributed by atoms with van der Waals surface area (Å²) in [6.07, 6.45) is 5.30. The van der Waals surface area contributed by atoms with Gasteiger partial charge >= 0.3 is 0 Å². The number of amides is 1. The van der Waals surface area contributed by atoms with Crippen molar-refractivity contribution in [3.8, 4) is 0 Å². The Morgan fingerprint density at radius 1 is 1.21 bits per heavy atom. The van der Waals surface area contributed by atoms with E-state index in [0.29, 0.717) is 0 Å². The molecule has 1 saturated heterocycles. The van der Waals surface area contributed by atoms with Crippen molar-refractivity contribution in [2.24, 2.45) is 7.05 Å². The van der Waals surface area contributed by atoms with Gasteiger partial charge in [0.25, 0.3) is 5.91 Å². The van der Waals surface area contributed by atoms with Crippen LogP contribution in [0.3, 0.4) is 0 Å². The number of aromatic nitrogens is 4. The average molecular weight is 327 g/mol. The van der Waals surface area contributed by atoms with E-state index in [2.05, 4.69) is 27.9 Å². The van der Waals surface area contributed by atoms with Gasteiger partial charge in [0.2, 0.25) is 0 Å². The van der Waals surface area contributed by atoms with E-state index in [1.165, 1.54) is 17.7 Å². The van der Waals surface area contributed by atoms with Crippen molar-refractivity contribution in [1.29, 1.82) is 0 Å². The van der Waals surface area contributed by atoms with Crippen molar-refractivity contribution in [3.05, 3.63) is 34.4 Å². The number of hydrogen-bond donors (Lipinski definition) is 0. The second-order valence-corrected chi connectivity index (χ2v) is 7.17. The lowest BCUT2D eigenvalue weighted by atomic mass is 9.95. The lowest BCUT2D eigenvalue weighted by Gasteiger charge is -2.19. The molecule has 128 valence electrons. The first kappa shape index (κ1) is 15.4. The minimum absolute atomic E-state index is 0.136. The number of carbonyl (C=O) groups is 1. The summed E-state index contributed by atoms with van der Waals surface area (Å²) in [6.45, 7) is 5.63. The molecule has 6 nitrogen and oxygen atoms in total. The summed E-state index contributed by atoms with van der Waals surface area (Å²) in [5, 5.41) is 9.19. The maximum absolute atomic E-state index is 13.1. The zero-order valence-electron chi connectivity index (χ0n) is 14.7. The first-order valence-electron chi connectivity index (χ1n) is 8.91. The Balaban J connectivity index is 1.56. The normalized spacial score (nSPS) is 20.5. The summed E-state index contributed by atoms with van der Waals surface area (Å²) in [6, 6.07) is 2.38. The van der Waals surface area contributed by atoms with Gasteiger partial charge in [-0.2, -0.15) is 10.2 Å². The van der Waals surface area contributed by atoms with Crippen LogP contribution < -0.4 is 0 Å². The summed E-state index contributed by atoms with van der Waals surface area (Å²) in [7, 11) is 1.90. The number of carbonyl (C=O) groups excluding carboxylic acids is 1. The van der Waals surface area contributed by atoms with Crippen LogP contribution in [0.25, 0.3) is 0 Å². The molecule has 1 aliphatic carbocycles. The van der Waals surface area contributed by atoms with Gasteiger partial charge in [-0.15, -0.1) is 0 Å². The molecule has 1 atom stereocenters. The van der Waals surface area contributed by atoms with Crippen LogP contribution in [0, 0.1) is 13.8 Å². The summed E-state index contributed by atoms with van der Waals surface area (Å²) in [5.41, 5.74) is 5.33. The van der Waals surface area contributed by atoms with Gasteiger partial charge in [0.1, 0.15) is 5.69 Å². The van der Waals surface area contributed by atoms with E-state index >= 15 is 0 Å². The molecule has 3 heterocycles. The van der Waals surface area contributed by atoms with E-state index in [1.54, 1.807) is 4.68 Å². The van der Waals surface area contributed by atoms with Gasteiger partial charge in [0.15, 0.2) is 0 Å². The Bertz CT molecular complexity index is 788. The average Bonchev–Trinajstić information content (AvgIpc) is 3.23. The molecule has 0 unspecified atom stereocenters. The highest BCUT2D eigenvalue weighted by Gasteiger charge is 2.33. The number of rotatable bonds is 2. The zero-order valence-corrected chi connectivity index (χ0v) is 14.7. The van der Waals surface area contributed by atoms with Crippen LogP contribution in [0.2, 0.25) is 0 Å². The minimum Gasteiger partial charge on any atom is -0.335 e. The van der Waals surface area contributed by atoms with Crippen LogP contribution in [0.15, 0.2) is 6.07 Å². The Morgan fingerprint density at radius 2 is 2.00 bits per heavy atom. The predicted molar refractivity (Wildman–Crippen MR) is 91.1 cm³/mol. The molecule has 0 bridgehead atoms. The van der Waals surface area contributed by atoms with Gasteiger partial charge in [0.05, 0.1) is 17.4 Å². The molecule has 2 aliphatic rings. The van der Waals surface area contributed by atoms with Gasteiger partial charge in [-0.25, -0.2) is 0 Å². The smallest absolute Gasteiger partial charge is 0.272 e. The van der Waals surface area contributed by atoms with E-state index in [9.17, 15) is 4.79 Å². The zero-order chi connectivity index (χ0) is 16.8. The Hall–Kier alpha value is -2.11. The van der Waals surface area contributed by atoms with E-state index in [1.807, 2.05) is 18.9 Å². The van der Waals surface area contributed by atoms with Crippen LogP contribution >= 0.6 is 0 Å². The topological polar surface area (TPSA) is 56.0 Å². The molecule has 2 aromatic heterocycles. The highest BCUT2D eigenvalue weighted by Crippen LogP contribution is 2.28. The van der Waals surface area contributed by atoms with Crippen molar-refractivity contribution in [2.75, 3.05) is 13.1 Å². The fourth-order valence-corrected chi connectivity index (χ4v) is 4.24. The first-order chi connectivity index (χ1) is 11.5. The maximum atomic E-state index is 13.1. The maximum Gasteiger partial charge on any atom is 0.272 e. The number of aryl methyl sites for hydroxylation is 4. The monoisotopic (exact) mass is 327 g/mol. The molecule has 0 N–H and O–H groups in total. The quantitative estimate of drug-likeness (QED) is 0.850. The van der Waals surface area contributed by atoms with Crippen LogP contribution in [0.1, 0.15) is 58.4 Å². The molecule has 0 spiro atoms. The van der Waals surface area contributed by atoms with Crippen LogP contribution in [-0.4, -0.2) is 43.5 Å². The second-order valence-electron chi connectivity index (χ2n) is 7.17. The summed E-state index contributed by atoms with van der Waals surface area (Å²) in [4.78, 5) is 15.1. The SMILES string of the molecule is Cc1cc(C)n([C@H]2CCN(C(=O)c3c4c(nn3C)CCCC4)C2)n1. The fraction of sp³-hybridized carbons (Fsp3) is 0.611. The largest absolute Gasteiger partial charge is 0.335 e. The van der Waals surface area contributed by atoms with E-state index < -0.39 is 0 Å². The molecule has 0 radical (unpaired) electrons. The van der Waals surface area contributed by atoms with Gasteiger partial charge in [0, 0.05) is 31.4 Å². The standard InChI is InChI=1S/C18H25N5O/c1-12-10-13(2)23(19-12)14-8-9-22(11-14)18(24)17-15-6-4-5-7-16(15)20-21(17)3/h10,14H,4-9,11H2,1-3H3/t14-/m0/s1. The minimum atomic E-state index is 0.136. The number of likely N-dealkylation sites (tertiary alicyclic amines) is 1. The molecular weight excluding hydrogens is 302 g/mol. The molecule has 1 fully saturated rings. The van der Waals surface area contributed by atoms with Crippen molar-refractivity contribution in [3.63, 3.8) is 0 Å². The summed E-state index contributed by atoms with van der Waals surface area (Å²) in [5.74, 6) is 0.136. The Labute approximate surface area is 142 Å². The fourth-order valence-electron chi connectivity index (χ4n) is 4.24. The third kappa shape index (κ3) is 2.44. The van der Waals surface area contributed by atoms with Gasteiger partial charge in [-0.05, 0) is 52.0 Å². The highest BCUT2D eigenvalue weighted by atomic mass is 16.2. The molecule has 6 heteroatoms. The molecule has 2 aromatic rings. The van der Waals surface area contributed by atoms with Crippen molar-refractivity contribution in [2.45, 2.75) is 52.0 Å². The number of fused-ring (bicyclic) bond motifs is 1. The van der Waals surface area contributed by atoms with Gasteiger partial charge in [-0.1, -0.05) is 0 Å². The molecule has 0 saturated carbocycles. The molecule has 4 rings (SSSR count). The molecular formula is C18H25N5O. The van der Waals surface area contributed by atoms with E-state index in [-0.39, 0.29) is 11.9 Å². The first-order valence-corrected chi connectivity index (χ1v) is 8.91. The summed E-state index contributed by atoms with van der Waals surface area (Å²) >= 11 is 0. The van der Waals surface area contributed by atoms with Crippen molar-refractivity contribution < 1.29 is 4.79 Å². The lowest BCUT2D eigenvalue weighted by molar-refractivity contribution is 0.0774. The third-order valence-electron chi connectivity index (χ3n) is 5.36. The van der Waals surface area contributed by atoms with Crippen molar-refractivity contribution >= 4 is 5.91 Å².